The van der Waals surface area contributed by atoms with Crippen LogP contribution in [0, 0.1) is 0 Å². The lowest BCUT2D eigenvalue weighted by atomic mass is 10.5. The Morgan fingerprint density at radius 2 is 2.00 bits per heavy atom. The van der Waals surface area contributed by atoms with Gasteiger partial charge in [0, 0.05) is 12.4 Å². The SMILES string of the molecule is CCOC(=O)c1csc(CN(C)C(=O)OCC)n1. The highest BCUT2D eigenvalue weighted by atomic mass is 32.1. The van der Waals surface area contributed by atoms with Crippen molar-refractivity contribution in [1.29, 1.82) is 0 Å². The molecule has 100 valence electrons. The Kier molecular flexibility index (Phi) is 5.57. The topological polar surface area (TPSA) is 68.7 Å². The molecule has 0 aliphatic carbocycles. The number of ether oxygens (including phenoxy) is 2. The van der Waals surface area contributed by atoms with E-state index in [0.717, 1.165) is 0 Å². The summed E-state index contributed by atoms with van der Waals surface area (Å²) in [4.78, 5) is 28.3. The van der Waals surface area contributed by atoms with Gasteiger partial charge in [-0.05, 0) is 13.8 Å². The molecule has 1 aromatic rings. The summed E-state index contributed by atoms with van der Waals surface area (Å²) in [7, 11) is 1.61. The summed E-state index contributed by atoms with van der Waals surface area (Å²) >= 11 is 1.31. The molecule has 18 heavy (non-hydrogen) atoms. The Morgan fingerprint density at radius 1 is 1.33 bits per heavy atom. The summed E-state index contributed by atoms with van der Waals surface area (Å²) in [5, 5.41) is 2.28. The van der Waals surface area contributed by atoms with Crippen molar-refractivity contribution in [3.63, 3.8) is 0 Å². The molecule has 0 bridgehead atoms. The number of carbonyl (C=O) groups is 2. The molecule has 0 fully saturated rings. The maximum atomic E-state index is 11.4. The summed E-state index contributed by atoms with van der Waals surface area (Å²) in [6.45, 7) is 4.43. The highest BCUT2D eigenvalue weighted by Crippen LogP contribution is 2.13. The van der Waals surface area contributed by atoms with Gasteiger partial charge in [-0.1, -0.05) is 0 Å². The third-order valence-corrected chi connectivity index (χ3v) is 2.82. The first-order valence-corrected chi connectivity index (χ1v) is 6.45. The van der Waals surface area contributed by atoms with Crippen molar-refractivity contribution < 1.29 is 19.1 Å². The predicted octanol–water partition coefficient (Wildman–Crippen LogP) is 1.91. The van der Waals surface area contributed by atoms with Crippen LogP contribution in [-0.4, -0.2) is 42.2 Å². The van der Waals surface area contributed by atoms with Gasteiger partial charge in [-0.25, -0.2) is 14.6 Å². The van der Waals surface area contributed by atoms with Crippen LogP contribution in [0.1, 0.15) is 29.3 Å². The standard InChI is InChI=1S/C11H16N2O4S/c1-4-16-10(14)8-7-18-9(12-8)6-13(3)11(15)17-5-2/h7H,4-6H2,1-3H3. The van der Waals surface area contributed by atoms with Gasteiger partial charge in [0.25, 0.3) is 0 Å². The van der Waals surface area contributed by atoms with E-state index in [1.54, 1.807) is 26.3 Å². The first-order valence-electron chi connectivity index (χ1n) is 5.57. The molecule has 1 amide bonds. The molecule has 7 heteroatoms. The second-order valence-electron chi connectivity index (χ2n) is 3.40. The lowest BCUT2D eigenvalue weighted by molar-refractivity contribution is 0.0520. The molecule has 0 aliphatic rings. The number of aromatic nitrogens is 1. The molecule has 0 radical (unpaired) electrons. The summed E-state index contributed by atoms with van der Waals surface area (Å²) < 4.78 is 9.67. The molecular formula is C11H16N2O4S. The Hall–Kier alpha value is -1.63. The minimum atomic E-state index is -0.446. The zero-order chi connectivity index (χ0) is 13.5. The molecule has 0 N–H and O–H groups in total. The number of hydrogen-bond donors (Lipinski definition) is 0. The van der Waals surface area contributed by atoms with Crippen LogP contribution in [0.15, 0.2) is 5.38 Å². The lowest BCUT2D eigenvalue weighted by Gasteiger charge is -2.14. The third-order valence-electron chi connectivity index (χ3n) is 1.99. The molecule has 1 heterocycles. The van der Waals surface area contributed by atoms with Gasteiger partial charge in [0.1, 0.15) is 5.01 Å². The fraction of sp³-hybridized carbons (Fsp3) is 0.545. The number of hydrogen-bond acceptors (Lipinski definition) is 6. The van der Waals surface area contributed by atoms with Gasteiger partial charge in [-0.3, -0.25) is 0 Å². The summed E-state index contributed by atoms with van der Waals surface area (Å²) in [5.74, 6) is -0.446. The average molecular weight is 272 g/mol. The van der Waals surface area contributed by atoms with Crippen LogP contribution in [0.25, 0.3) is 0 Å². The van der Waals surface area contributed by atoms with E-state index < -0.39 is 12.1 Å². The molecule has 0 atom stereocenters. The molecule has 0 spiro atoms. The minimum Gasteiger partial charge on any atom is -0.461 e. The summed E-state index contributed by atoms with van der Waals surface area (Å²) in [6, 6.07) is 0. The lowest BCUT2D eigenvalue weighted by Crippen LogP contribution is -2.26. The van der Waals surface area contributed by atoms with E-state index >= 15 is 0 Å². The molecular weight excluding hydrogens is 256 g/mol. The maximum Gasteiger partial charge on any atom is 0.409 e. The van der Waals surface area contributed by atoms with Gasteiger partial charge in [0.15, 0.2) is 5.69 Å². The Labute approximate surface area is 110 Å². The van der Waals surface area contributed by atoms with Crippen molar-refractivity contribution in [2.24, 2.45) is 0 Å². The fourth-order valence-corrected chi connectivity index (χ4v) is 2.00. The number of amides is 1. The van der Waals surface area contributed by atoms with Gasteiger partial charge >= 0.3 is 12.1 Å². The summed E-state index contributed by atoms with van der Waals surface area (Å²) in [6.07, 6.45) is -0.412. The highest BCUT2D eigenvalue weighted by molar-refractivity contribution is 7.09. The Bertz CT molecular complexity index is 419. The Balaban J connectivity index is 2.58. The largest absolute Gasteiger partial charge is 0.461 e. The van der Waals surface area contributed by atoms with Crippen molar-refractivity contribution in [2.45, 2.75) is 20.4 Å². The van der Waals surface area contributed by atoms with Crippen LogP contribution in [0.3, 0.4) is 0 Å². The number of nitrogens with zero attached hydrogens (tertiary/aromatic N) is 2. The van der Waals surface area contributed by atoms with Gasteiger partial charge in [-0.2, -0.15) is 0 Å². The smallest absolute Gasteiger partial charge is 0.409 e. The van der Waals surface area contributed by atoms with Gasteiger partial charge in [0.05, 0.1) is 19.8 Å². The van der Waals surface area contributed by atoms with Gasteiger partial charge < -0.3 is 14.4 Å². The first kappa shape index (κ1) is 14.4. The zero-order valence-corrected chi connectivity index (χ0v) is 11.5. The van der Waals surface area contributed by atoms with Crippen LogP contribution in [0.2, 0.25) is 0 Å². The van der Waals surface area contributed by atoms with Crippen molar-refractivity contribution in [3.05, 3.63) is 16.1 Å². The fourth-order valence-electron chi connectivity index (χ4n) is 1.18. The second kappa shape index (κ2) is 6.95. The Morgan fingerprint density at radius 3 is 2.61 bits per heavy atom. The van der Waals surface area contributed by atoms with Crippen LogP contribution in [0.4, 0.5) is 4.79 Å². The van der Waals surface area contributed by atoms with E-state index in [9.17, 15) is 9.59 Å². The number of rotatable bonds is 5. The second-order valence-corrected chi connectivity index (χ2v) is 4.34. The van der Waals surface area contributed by atoms with Crippen LogP contribution in [0.5, 0.6) is 0 Å². The van der Waals surface area contributed by atoms with E-state index in [4.69, 9.17) is 9.47 Å². The molecule has 0 saturated carbocycles. The van der Waals surface area contributed by atoms with Crippen LogP contribution >= 0.6 is 11.3 Å². The summed E-state index contributed by atoms with van der Waals surface area (Å²) in [5.41, 5.74) is 0.272. The van der Waals surface area contributed by atoms with E-state index in [0.29, 0.717) is 24.8 Å². The molecule has 6 nitrogen and oxygen atoms in total. The molecule has 0 unspecified atom stereocenters. The van der Waals surface area contributed by atoms with E-state index in [1.165, 1.54) is 16.2 Å². The normalized spacial score (nSPS) is 9.94. The van der Waals surface area contributed by atoms with E-state index in [1.807, 2.05) is 0 Å². The third kappa shape index (κ3) is 3.99. The molecule has 0 saturated heterocycles. The van der Waals surface area contributed by atoms with Gasteiger partial charge in [0.2, 0.25) is 0 Å². The number of carbonyl (C=O) groups excluding carboxylic acids is 2. The first-order chi connectivity index (χ1) is 8.58. The number of thiazole rings is 1. The average Bonchev–Trinajstić information content (AvgIpc) is 2.78. The van der Waals surface area contributed by atoms with Crippen LogP contribution in [-0.2, 0) is 16.0 Å². The van der Waals surface area contributed by atoms with Crippen molar-refractivity contribution in [2.75, 3.05) is 20.3 Å². The van der Waals surface area contributed by atoms with Crippen LogP contribution < -0.4 is 0 Å². The molecule has 0 aromatic carbocycles. The number of esters is 1. The molecule has 1 aromatic heterocycles. The zero-order valence-electron chi connectivity index (χ0n) is 10.6. The van der Waals surface area contributed by atoms with Crippen molar-refractivity contribution >= 4 is 23.4 Å². The van der Waals surface area contributed by atoms with E-state index in [-0.39, 0.29) is 5.69 Å². The maximum absolute atomic E-state index is 11.4. The van der Waals surface area contributed by atoms with Crippen molar-refractivity contribution in [1.82, 2.24) is 9.88 Å². The molecule has 1 rings (SSSR count). The predicted molar refractivity (Wildman–Crippen MR) is 66.6 cm³/mol. The minimum absolute atomic E-state index is 0.272. The quantitative estimate of drug-likeness (QED) is 0.766. The highest BCUT2D eigenvalue weighted by Gasteiger charge is 2.15. The van der Waals surface area contributed by atoms with E-state index in [2.05, 4.69) is 4.98 Å². The van der Waals surface area contributed by atoms with Crippen molar-refractivity contribution in [3.8, 4) is 0 Å². The van der Waals surface area contributed by atoms with Gasteiger partial charge in [-0.15, -0.1) is 11.3 Å². The molecule has 0 aliphatic heterocycles. The monoisotopic (exact) mass is 272 g/mol.